The molecule has 0 aliphatic carbocycles. The Labute approximate surface area is 144 Å². The van der Waals surface area contributed by atoms with Gasteiger partial charge < -0.3 is 14.6 Å². The second-order valence-corrected chi connectivity index (χ2v) is 5.72. The molecule has 5 heteroatoms. The summed E-state index contributed by atoms with van der Waals surface area (Å²) in [4.78, 5) is 22.9. The minimum absolute atomic E-state index is 0.110. The molecule has 0 bridgehead atoms. The van der Waals surface area contributed by atoms with E-state index in [1.54, 1.807) is 26.0 Å². The van der Waals surface area contributed by atoms with Crippen molar-refractivity contribution in [3.8, 4) is 0 Å². The van der Waals surface area contributed by atoms with Crippen LogP contribution in [0.2, 0.25) is 0 Å². The average molecular weight is 336 g/mol. The van der Waals surface area contributed by atoms with Gasteiger partial charge in [0.15, 0.2) is 0 Å². The number of rotatable bonds is 11. The second-order valence-electron chi connectivity index (χ2n) is 5.72. The molecule has 0 aliphatic rings. The predicted octanol–water partition coefficient (Wildman–Crippen LogP) is 3.14. The molecule has 24 heavy (non-hydrogen) atoms. The number of hydrogen-bond donors (Lipinski definition) is 1. The molecule has 0 aliphatic heterocycles. The molecule has 5 nitrogen and oxygen atoms in total. The Morgan fingerprint density at radius 3 is 2.29 bits per heavy atom. The van der Waals surface area contributed by atoms with Gasteiger partial charge in [0, 0.05) is 13.0 Å². The number of aliphatic hydroxyl groups is 1. The lowest BCUT2D eigenvalue weighted by atomic mass is 9.94. The highest BCUT2D eigenvalue weighted by molar-refractivity contribution is 5.89. The lowest BCUT2D eigenvalue weighted by Gasteiger charge is -2.14. The first-order valence-corrected chi connectivity index (χ1v) is 8.63. The van der Waals surface area contributed by atoms with Crippen LogP contribution < -0.4 is 0 Å². The third-order valence-electron chi connectivity index (χ3n) is 3.80. The number of hydrogen-bond acceptors (Lipinski definition) is 5. The normalized spacial score (nSPS) is 11.8. The van der Waals surface area contributed by atoms with E-state index in [1.165, 1.54) is 0 Å². The van der Waals surface area contributed by atoms with Crippen LogP contribution in [0, 0.1) is 5.92 Å². The summed E-state index contributed by atoms with van der Waals surface area (Å²) in [5, 5.41) is 9.53. The molecule has 134 valence electrons. The maximum atomic E-state index is 11.6. The van der Waals surface area contributed by atoms with E-state index in [1.807, 2.05) is 12.1 Å². The van der Waals surface area contributed by atoms with Gasteiger partial charge in [-0.15, -0.1) is 0 Å². The predicted molar refractivity (Wildman–Crippen MR) is 91.8 cm³/mol. The highest BCUT2D eigenvalue weighted by atomic mass is 16.5. The number of unbranched alkanes of at least 4 members (excludes halogenated alkanes) is 1. The summed E-state index contributed by atoms with van der Waals surface area (Å²) in [5.74, 6) is -0.324. The van der Waals surface area contributed by atoms with E-state index in [0.717, 1.165) is 31.2 Å². The molecule has 1 rings (SSSR count). The summed E-state index contributed by atoms with van der Waals surface area (Å²) in [5.41, 5.74) is 1.61. The number of benzene rings is 1. The van der Waals surface area contributed by atoms with E-state index in [-0.39, 0.29) is 24.5 Å². The van der Waals surface area contributed by atoms with Crippen LogP contribution in [0.3, 0.4) is 0 Å². The van der Waals surface area contributed by atoms with Gasteiger partial charge in [-0.3, -0.25) is 4.79 Å². The van der Waals surface area contributed by atoms with Crippen molar-refractivity contribution in [2.45, 2.75) is 46.0 Å². The Bertz CT molecular complexity index is 495. The number of esters is 2. The topological polar surface area (TPSA) is 72.8 Å². The van der Waals surface area contributed by atoms with Crippen molar-refractivity contribution >= 4 is 11.9 Å². The zero-order chi connectivity index (χ0) is 17.8. The van der Waals surface area contributed by atoms with Crippen LogP contribution in [-0.4, -0.2) is 36.9 Å². The highest BCUT2D eigenvalue weighted by Gasteiger charge is 2.11. The molecule has 0 aromatic heterocycles. The molecule has 0 saturated carbocycles. The van der Waals surface area contributed by atoms with Crippen LogP contribution in [0.1, 0.15) is 55.5 Å². The van der Waals surface area contributed by atoms with E-state index in [9.17, 15) is 14.7 Å². The lowest BCUT2D eigenvalue weighted by molar-refractivity contribution is -0.143. The van der Waals surface area contributed by atoms with Crippen LogP contribution in [0.5, 0.6) is 0 Å². The lowest BCUT2D eigenvalue weighted by Crippen LogP contribution is -2.11. The largest absolute Gasteiger partial charge is 0.466 e. The van der Waals surface area contributed by atoms with Gasteiger partial charge in [0.25, 0.3) is 0 Å². The Hall–Kier alpha value is -1.88. The zero-order valence-corrected chi connectivity index (χ0v) is 14.6. The van der Waals surface area contributed by atoms with Gasteiger partial charge >= 0.3 is 11.9 Å². The van der Waals surface area contributed by atoms with E-state index in [4.69, 9.17) is 9.47 Å². The molecule has 0 spiro atoms. The van der Waals surface area contributed by atoms with Crippen molar-refractivity contribution in [3.63, 3.8) is 0 Å². The monoisotopic (exact) mass is 336 g/mol. The molecule has 1 atom stereocenters. The van der Waals surface area contributed by atoms with Gasteiger partial charge in [0.2, 0.25) is 0 Å². The van der Waals surface area contributed by atoms with Crippen molar-refractivity contribution in [1.29, 1.82) is 0 Å². The van der Waals surface area contributed by atoms with Crippen molar-refractivity contribution in [3.05, 3.63) is 35.4 Å². The minimum Gasteiger partial charge on any atom is -0.466 e. The Morgan fingerprint density at radius 2 is 1.71 bits per heavy atom. The smallest absolute Gasteiger partial charge is 0.338 e. The molecule has 0 amide bonds. The highest BCUT2D eigenvalue weighted by Crippen LogP contribution is 2.17. The average Bonchev–Trinajstić information content (AvgIpc) is 2.58. The van der Waals surface area contributed by atoms with Crippen molar-refractivity contribution in [1.82, 2.24) is 0 Å². The molecule has 1 aromatic carbocycles. The molecule has 1 aromatic rings. The summed E-state index contributed by atoms with van der Waals surface area (Å²) in [6, 6.07) is 7.30. The van der Waals surface area contributed by atoms with Gasteiger partial charge in [0.1, 0.15) is 0 Å². The Kier molecular flexibility index (Phi) is 9.77. The fourth-order valence-electron chi connectivity index (χ4n) is 2.52. The van der Waals surface area contributed by atoms with E-state index < -0.39 is 0 Å². The number of ether oxygens (including phenoxy) is 2. The molecular weight excluding hydrogens is 308 g/mol. The first-order chi connectivity index (χ1) is 11.6. The minimum atomic E-state index is -0.318. The van der Waals surface area contributed by atoms with Gasteiger partial charge in [-0.2, -0.15) is 0 Å². The van der Waals surface area contributed by atoms with Crippen LogP contribution in [0.4, 0.5) is 0 Å². The zero-order valence-electron chi connectivity index (χ0n) is 14.6. The van der Waals surface area contributed by atoms with Gasteiger partial charge in [-0.1, -0.05) is 18.6 Å². The van der Waals surface area contributed by atoms with Crippen LogP contribution in [-0.2, 0) is 20.7 Å². The standard InChI is InChI=1S/C19H28O5/c1-3-23-18(21)8-6-5-7-16(14-20)13-15-9-11-17(12-10-15)19(22)24-4-2/h9-12,16,20H,3-8,13-14H2,1-2H3. The van der Waals surface area contributed by atoms with Crippen LogP contribution >= 0.6 is 0 Å². The van der Waals surface area contributed by atoms with Crippen molar-refractivity contribution < 1.29 is 24.2 Å². The van der Waals surface area contributed by atoms with Crippen LogP contribution in [0.25, 0.3) is 0 Å². The van der Waals surface area contributed by atoms with Gasteiger partial charge in [0.05, 0.1) is 18.8 Å². The number of carbonyl (C=O) groups excluding carboxylic acids is 2. The maximum absolute atomic E-state index is 11.6. The second kappa shape index (κ2) is 11.6. The van der Waals surface area contributed by atoms with Crippen molar-refractivity contribution in [2.75, 3.05) is 19.8 Å². The maximum Gasteiger partial charge on any atom is 0.338 e. The number of aliphatic hydroxyl groups excluding tert-OH is 1. The summed E-state index contributed by atoms with van der Waals surface area (Å²) in [6.07, 6.45) is 3.69. The summed E-state index contributed by atoms with van der Waals surface area (Å²) < 4.78 is 9.85. The third kappa shape index (κ3) is 7.59. The van der Waals surface area contributed by atoms with Crippen molar-refractivity contribution in [2.24, 2.45) is 5.92 Å². The van der Waals surface area contributed by atoms with E-state index in [2.05, 4.69) is 0 Å². The molecular formula is C19H28O5. The first kappa shape index (κ1) is 20.2. The molecule has 1 N–H and O–H groups in total. The molecule has 0 saturated heterocycles. The van der Waals surface area contributed by atoms with Crippen LogP contribution in [0.15, 0.2) is 24.3 Å². The molecule has 0 radical (unpaired) electrons. The summed E-state index contributed by atoms with van der Waals surface area (Å²) in [6.45, 7) is 4.46. The molecule has 0 fully saturated rings. The Balaban J connectivity index is 2.39. The number of carbonyl (C=O) groups is 2. The first-order valence-electron chi connectivity index (χ1n) is 8.63. The quantitative estimate of drug-likeness (QED) is 0.496. The molecule has 0 heterocycles. The fraction of sp³-hybridized carbons (Fsp3) is 0.579. The van der Waals surface area contributed by atoms with Gasteiger partial charge in [-0.05, 0) is 56.7 Å². The molecule has 1 unspecified atom stereocenters. The summed E-state index contributed by atoms with van der Waals surface area (Å²) in [7, 11) is 0. The Morgan fingerprint density at radius 1 is 1.04 bits per heavy atom. The van der Waals surface area contributed by atoms with Gasteiger partial charge in [-0.25, -0.2) is 4.79 Å². The van der Waals surface area contributed by atoms with E-state index >= 15 is 0 Å². The fourth-order valence-corrected chi connectivity index (χ4v) is 2.52. The SMILES string of the molecule is CCOC(=O)CCCCC(CO)Cc1ccc(C(=O)OCC)cc1. The third-order valence-corrected chi connectivity index (χ3v) is 3.80. The summed E-state index contributed by atoms with van der Waals surface area (Å²) >= 11 is 0. The van der Waals surface area contributed by atoms with E-state index in [0.29, 0.717) is 25.2 Å².